The normalized spacial score (nSPS) is 10.6. The van der Waals surface area contributed by atoms with Crippen molar-refractivity contribution in [3.63, 3.8) is 0 Å². The SMILES string of the molecule is CNCc1cn(Cc2cc(Cl)ccc2OC)nn1. The summed E-state index contributed by atoms with van der Waals surface area (Å²) in [4.78, 5) is 0. The Balaban J connectivity index is 2.19. The number of hydrogen-bond donors (Lipinski definition) is 1. The molecule has 0 unspecified atom stereocenters. The Hall–Kier alpha value is -1.59. The van der Waals surface area contributed by atoms with Crippen LogP contribution in [-0.2, 0) is 13.1 Å². The van der Waals surface area contributed by atoms with Crippen molar-refractivity contribution in [3.8, 4) is 5.75 Å². The van der Waals surface area contributed by atoms with Crippen LogP contribution in [0.1, 0.15) is 11.3 Å². The highest BCUT2D eigenvalue weighted by atomic mass is 35.5. The number of rotatable bonds is 5. The quantitative estimate of drug-likeness (QED) is 0.895. The van der Waals surface area contributed by atoms with Gasteiger partial charge in [-0.3, -0.25) is 0 Å². The van der Waals surface area contributed by atoms with Crippen LogP contribution in [0.3, 0.4) is 0 Å². The monoisotopic (exact) mass is 266 g/mol. The van der Waals surface area contributed by atoms with Gasteiger partial charge in [-0.1, -0.05) is 16.8 Å². The van der Waals surface area contributed by atoms with Gasteiger partial charge in [-0.15, -0.1) is 5.10 Å². The minimum absolute atomic E-state index is 0.584. The molecule has 2 rings (SSSR count). The second-order valence-electron chi connectivity index (χ2n) is 3.89. The number of ether oxygens (including phenoxy) is 1. The van der Waals surface area contributed by atoms with Crippen LogP contribution >= 0.6 is 11.6 Å². The average molecular weight is 267 g/mol. The summed E-state index contributed by atoms with van der Waals surface area (Å²) in [6.45, 7) is 1.28. The summed E-state index contributed by atoms with van der Waals surface area (Å²) in [5.74, 6) is 0.796. The van der Waals surface area contributed by atoms with Crippen LogP contribution in [0.15, 0.2) is 24.4 Å². The Morgan fingerprint density at radius 2 is 2.28 bits per heavy atom. The van der Waals surface area contributed by atoms with Crippen molar-refractivity contribution in [2.24, 2.45) is 0 Å². The Bertz CT molecular complexity index is 527. The predicted octanol–water partition coefficient (Wildman–Crippen LogP) is 1.71. The zero-order valence-electron chi connectivity index (χ0n) is 10.4. The number of methoxy groups -OCH3 is 1. The molecule has 1 aromatic carbocycles. The zero-order valence-corrected chi connectivity index (χ0v) is 11.1. The molecule has 0 aliphatic heterocycles. The second-order valence-corrected chi connectivity index (χ2v) is 4.33. The average Bonchev–Trinajstić information content (AvgIpc) is 2.77. The first-order valence-electron chi connectivity index (χ1n) is 5.59. The lowest BCUT2D eigenvalue weighted by Crippen LogP contribution is -2.05. The van der Waals surface area contributed by atoms with E-state index in [1.165, 1.54) is 0 Å². The summed E-state index contributed by atoms with van der Waals surface area (Å²) >= 11 is 5.98. The number of benzene rings is 1. The van der Waals surface area contributed by atoms with Gasteiger partial charge in [-0.25, -0.2) is 4.68 Å². The number of nitrogens with zero attached hydrogens (tertiary/aromatic N) is 3. The van der Waals surface area contributed by atoms with E-state index in [-0.39, 0.29) is 0 Å². The Morgan fingerprint density at radius 3 is 3.00 bits per heavy atom. The molecule has 2 aromatic rings. The van der Waals surface area contributed by atoms with Crippen LogP contribution in [0, 0.1) is 0 Å². The summed E-state index contributed by atoms with van der Waals surface area (Å²) in [6, 6.07) is 5.53. The first kappa shape index (κ1) is 12.9. The first-order valence-corrected chi connectivity index (χ1v) is 5.96. The van der Waals surface area contributed by atoms with Gasteiger partial charge in [0.25, 0.3) is 0 Å². The molecule has 96 valence electrons. The van der Waals surface area contributed by atoms with E-state index in [1.54, 1.807) is 17.9 Å². The van der Waals surface area contributed by atoms with Gasteiger partial charge < -0.3 is 10.1 Å². The maximum absolute atomic E-state index is 5.98. The highest BCUT2D eigenvalue weighted by Gasteiger charge is 2.06. The third-order valence-corrected chi connectivity index (χ3v) is 2.75. The van der Waals surface area contributed by atoms with Gasteiger partial charge in [-0.05, 0) is 25.2 Å². The molecule has 0 bridgehead atoms. The molecule has 1 aromatic heterocycles. The Morgan fingerprint density at radius 1 is 1.44 bits per heavy atom. The fourth-order valence-corrected chi connectivity index (χ4v) is 1.92. The molecular weight excluding hydrogens is 252 g/mol. The van der Waals surface area contributed by atoms with Crippen molar-refractivity contribution < 1.29 is 4.74 Å². The van der Waals surface area contributed by atoms with Gasteiger partial charge >= 0.3 is 0 Å². The van der Waals surface area contributed by atoms with Crippen LogP contribution in [0.2, 0.25) is 5.02 Å². The van der Waals surface area contributed by atoms with Crippen molar-refractivity contribution in [3.05, 3.63) is 40.7 Å². The molecule has 0 spiro atoms. The van der Waals surface area contributed by atoms with Crippen molar-refractivity contribution >= 4 is 11.6 Å². The van der Waals surface area contributed by atoms with E-state index >= 15 is 0 Å². The van der Waals surface area contributed by atoms with Gasteiger partial charge in [-0.2, -0.15) is 0 Å². The van der Waals surface area contributed by atoms with E-state index in [0.717, 1.165) is 17.0 Å². The van der Waals surface area contributed by atoms with Crippen molar-refractivity contribution in [1.82, 2.24) is 20.3 Å². The molecule has 0 radical (unpaired) electrons. The minimum Gasteiger partial charge on any atom is -0.496 e. The summed E-state index contributed by atoms with van der Waals surface area (Å²) < 4.78 is 7.06. The molecule has 0 fully saturated rings. The van der Waals surface area contributed by atoms with E-state index < -0.39 is 0 Å². The van der Waals surface area contributed by atoms with Crippen molar-refractivity contribution in [1.29, 1.82) is 0 Å². The lowest BCUT2D eigenvalue weighted by molar-refractivity contribution is 0.407. The van der Waals surface area contributed by atoms with Crippen LogP contribution in [0.25, 0.3) is 0 Å². The predicted molar refractivity (Wildman–Crippen MR) is 69.9 cm³/mol. The molecule has 0 saturated heterocycles. The van der Waals surface area contributed by atoms with E-state index in [0.29, 0.717) is 18.1 Å². The molecule has 5 nitrogen and oxygen atoms in total. The molecule has 6 heteroatoms. The van der Waals surface area contributed by atoms with Gasteiger partial charge in [0, 0.05) is 17.1 Å². The summed E-state index contributed by atoms with van der Waals surface area (Å²) in [6.07, 6.45) is 1.90. The van der Waals surface area contributed by atoms with Crippen LogP contribution in [-0.4, -0.2) is 29.2 Å². The number of halogens is 1. The molecular formula is C12H15ClN4O. The Kier molecular flexibility index (Phi) is 4.17. The molecule has 1 N–H and O–H groups in total. The molecule has 18 heavy (non-hydrogen) atoms. The second kappa shape index (κ2) is 5.84. The molecule has 0 aliphatic rings. The molecule has 0 atom stereocenters. The smallest absolute Gasteiger partial charge is 0.124 e. The van der Waals surface area contributed by atoms with Crippen LogP contribution in [0.5, 0.6) is 5.75 Å². The van der Waals surface area contributed by atoms with Crippen LogP contribution < -0.4 is 10.1 Å². The van der Waals surface area contributed by atoms with Crippen molar-refractivity contribution in [2.75, 3.05) is 14.2 Å². The molecule has 0 aliphatic carbocycles. The van der Waals surface area contributed by atoms with Gasteiger partial charge in [0.2, 0.25) is 0 Å². The molecule has 0 amide bonds. The Labute approximate surface area is 111 Å². The topological polar surface area (TPSA) is 52.0 Å². The van der Waals surface area contributed by atoms with E-state index in [9.17, 15) is 0 Å². The molecule has 0 saturated carbocycles. The third-order valence-electron chi connectivity index (χ3n) is 2.52. The number of hydrogen-bond acceptors (Lipinski definition) is 4. The number of aromatic nitrogens is 3. The van der Waals surface area contributed by atoms with Gasteiger partial charge in [0.15, 0.2) is 0 Å². The highest BCUT2D eigenvalue weighted by molar-refractivity contribution is 6.30. The van der Waals surface area contributed by atoms with Gasteiger partial charge in [0.1, 0.15) is 5.75 Å². The first-order chi connectivity index (χ1) is 8.72. The van der Waals surface area contributed by atoms with Crippen molar-refractivity contribution in [2.45, 2.75) is 13.1 Å². The van der Waals surface area contributed by atoms with E-state index in [1.807, 2.05) is 25.4 Å². The highest BCUT2D eigenvalue weighted by Crippen LogP contribution is 2.23. The standard InChI is InChI=1S/C12H15ClN4O/c1-14-6-11-8-17(16-15-11)7-9-5-10(13)3-4-12(9)18-2/h3-5,8,14H,6-7H2,1-2H3. The van der Waals surface area contributed by atoms with E-state index in [4.69, 9.17) is 16.3 Å². The van der Waals surface area contributed by atoms with Gasteiger partial charge in [0.05, 0.1) is 25.5 Å². The van der Waals surface area contributed by atoms with E-state index in [2.05, 4.69) is 15.6 Å². The fourth-order valence-electron chi connectivity index (χ4n) is 1.72. The summed E-state index contributed by atoms with van der Waals surface area (Å²) in [7, 11) is 3.51. The van der Waals surface area contributed by atoms with Crippen LogP contribution in [0.4, 0.5) is 0 Å². The zero-order chi connectivity index (χ0) is 13.0. The number of nitrogens with one attached hydrogen (secondary N) is 1. The maximum atomic E-state index is 5.98. The summed E-state index contributed by atoms with van der Waals surface area (Å²) in [5.41, 5.74) is 1.88. The minimum atomic E-state index is 0.584. The third kappa shape index (κ3) is 3.00. The largest absolute Gasteiger partial charge is 0.496 e. The fraction of sp³-hybridized carbons (Fsp3) is 0.333. The lowest BCUT2D eigenvalue weighted by atomic mass is 10.2. The molecule has 1 heterocycles. The lowest BCUT2D eigenvalue weighted by Gasteiger charge is -2.08. The maximum Gasteiger partial charge on any atom is 0.124 e. The summed E-state index contributed by atoms with van der Waals surface area (Å²) in [5, 5.41) is 11.8.